The molecule has 3 heteroatoms. The molecular weight excluding hydrogens is 296 g/mol. The van der Waals surface area contributed by atoms with Crippen LogP contribution in [0.15, 0.2) is 61.2 Å². The molecule has 0 fully saturated rings. The van der Waals surface area contributed by atoms with Crippen molar-refractivity contribution in [2.24, 2.45) is 5.92 Å². The highest BCUT2D eigenvalue weighted by Crippen LogP contribution is 2.35. The summed E-state index contributed by atoms with van der Waals surface area (Å²) in [5.74, 6) is 0.555. The number of rotatable bonds is 5. The van der Waals surface area contributed by atoms with E-state index < -0.39 is 0 Å². The lowest BCUT2D eigenvalue weighted by molar-refractivity contribution is -0.124. The van der Waals surface area contributed by atoms with Gasteiger partial charge in [0.15, 0.2) is 0 Å². The van der Waals surface area contributed by atoms with Crippen LogP contribution >= 0.6 is 0 Å². The van der Waals surface area contributed by atoms with Crippen molar-refractivity contribution in [3.8, 4) is 0 Å². The van der Waals surface area contributed by atoms with Crippen molar-refractivity contribution in [3.63, 3.8) is 0 Å². The van der Waals surface area contributed by atoms with Crippen LogP contribution in [0.3, 0.4) is 0 Å². The Labute approximate surface area is 145 Å². The van der Waals surface area contributed by atoms with E-state index in [4.69, 9.17) is 0 Å². The molecule has 126 valence electrons. The maximum Gasteiger partial charge on any atom is 0.245 e. The summed E-state index contributed by atoms with van der Waals surface area (Å²) in [4.78, 5) is 15.9. The fourth-order valence-electron chi connectivity index (χ4n) is 3.74. The zero-order valence-corrected chi connectivity index (χ0v) is 14.4. The number of benzene rings is 1. The first kappa shape index (κ1) is 16.6. The van der Waals surface area contributed by atoms with Crippen molar-refractivity contribution in [2.75, 3.05) is 25.0 Å². The summed E-state index contributed by atoms with van der Waals surface area (Å²) < 4.78 is 0. The molecule has 3 nitrogen and oxygen atoms in total. The molecule has 2 atom stereocenters. The monoisotopic (exact) mass is 322 g/mol. The Hall–Kier alpha value is -2.29. The highest BCUT2D eigenvalue weighted by atomic mass is 16.2. The van der Waals surface area contributed by atoms with Gasteiger partial charge in [-0.25, -0.2) is 0 Å². The minimum atomic E-state index is -0.00959. The van der Waals surface area contributed by atoms with Gasteiger partial charge in [0.1, 0.15) is 0 Å². The second-order valence-electron chi connectivity index (χ2n) is 6.60. The lowest BCUT2D eigenvalue weighted by Gasteiger charge is -2.36. The van der Waals surface area contributed by atoms with Crippen molar-refractivity contribution >= 4 is 11.6 Å². The number of hydrogen-bond acceptors (Lipinski definition) is 2. The predicted molar refractivity (Wildman–Crippen MR) is 100 cm³/mol. The van der Waals surface area contributed by atoms with Crippen LogP contribution in [0.25, 0.3) is 0 Å². The van der Waals surface area contributed by atoms with Gasteiger partial charge in [-0.2, -0.15) is 0 Å². The second kappa shape index (κ2) is 7.52. The number of anilines is 1. The molecule has 3 rings (SSSR count). The number of allylic oxidation sites excluding steroid dienone is 2. The summed E-state index contributed by atoms with van der Waals surface area (Å²) in [6, 6.07) is 9.16. The molecule has 1 heterocycles. The molecule has 0 N–H and O–H groups in total. The minimum Gasteiger partial charge on any atom is -0.364 e. The van der Waals surface area contributed by atoms with Gasteiger partial charge in [-0.1, -0.05) is 49.1 Å². The second-order valence-corrected chi connectivity index (χ2v) is 6.60. The SMILES string of the molecule is C=CC(=O)N(C)CCCN1c2ccccc2CCC2C=CC=CC21. The molecule has 0 aromatic heterocycles. The van der Waals surface area contributed by atoms with E-state index in [-0.39, 0.29) is 5.91 Å². The van der Waals surface area contributed by atoms with Gasteiger partial charge in [-0.3, -0.25) is 4.79 Å². The van der Waals surface area contributed by atoms with Crippen LogP contribution in [0.1, 0.15) is 18.4 Å². The van der Waals surface area contributed by atoms with Crippen molar-refractivity contribution < 1.29 is 4.79 Å². The fourth-order valence-corrected chi connectivity index (χ4v) is 3.74. The molecule has 1 aliphatic carbocycles. The van der Waals surface area contributed by atoms with Crippen LogP contribution < -0.4 is 4.90 Å². The number of amides is 1. The number of likely N-dealkylation sites (N-methyl/N-ethyl adjacent to an activating group) is 1. The summed E-state index contributed by atoms with van der Waals surface area (Å²) in [6.45, 7) is 5.26. The molecule has 0 saturated heterocycles. The Morgan fingerprint density at radius 1 is 1.33 bits per heavy atom. The van der Waals surface area contributed by atoms with Gasteiger partial charge in [-0.05, 0) is 37.0 Å². The topological polar surface area (TPSA) is 23.6 Å². The summed E-state index contributed by atoms with van der Waals surface area (Å²) in [7, 11) is 1.84. The fraction of sp³-hybridized carbons (Fsp3) is 0.381. The van der Waals surface area contributed by atoms with Crippen LogP contribution in [0.5, 0.6) is 0 Å². The minimum absolute atomic E-state index is 0.00959. The Bertz CT molecular complexity index is 662. The van der Waals surface area contributed by atoms with Gasteiger partial charge >= 0.3 is 0 Å². The number of nitrogens with zero attached hydrogens (tertiary/aromatic N) is 2. The summed E-state index contributed by atoms with van der Waals surface area (Å²) >= 11 is 0. The molecule has 1 aromatic carbocycles. The largest absolute Gasteiger partial charge is 0.364 e. The number of para-hydroxylation sites is 1. The van der Waals surface area contributed by atoms with Gasteiger partial charge in [0, 0.05) is 31.7 Å². The highest BCUT2D eigenvalue weighted by Gasteiger charge is 2.29. The van der Waals surface area contributed by atoms with Gasteiger partial charge < -0.3 is 9.80 Å². The lowest BCUT2D eigenvalue weighted by Crippen LogP contribution is -2.40. The maximum absolute atomic E-state index is 11.6. The molecule has 0 spiro atoms. The van der Waals surface area contributed by atoms with Crippen LogP contribution in [-0.4, -0.2) is 37.0 Å². The Morgan fingerprint density at radius 3 is 2.96 bits per heavy atom. The average Bonchev–Trinajstić information content (AvgIpc) is 2.78. The normalized spacial score (nSPS) is 21.6. The van der Waals surface area contributed by atoms with E-state index in [2.05, 4.69) is 60.0 Å². The van der Waals surface area contributed by atoms with Gasteiger partial charge in [0.25, 0.3) is 0 Å². The highest BCUT2D eigenvalue weighted by molar-refractivity contribution is 5.86. The van der Waals surface area contributed by atoms with Gasteiger partial charge in [-0.15, -0.1) is 0 Å². The van der Waals surface area contributed by atoms with Crippen LogP contribution in [0, 0.1) is 5.92 Å². The van der Waals surface area contributed by atoms with E-state index >= 15 is 0 Å². The van der Waals surface area contributed by atoms with E-state index in [1.807, 2.05) is 7.05 Å². The van der Waals surface area contributed by atoms with Crippen molar-refractivity contribution in [2.45, 2.75) is 25.3 Å². The van der Waals surface area contributed by atoms with E-state index in [1.54, 1.807) is 4.90 Å². The summed E-state index contributed by atoms with van der Waals surface area (Å²) in [6.07, 6.45) is 13.6. The standard InChI is InChI=1S/C21H26N2O/c1-3-21(24)22(2)15-8-16-23-19-11-6-4-9-17(19)13-14-18-10-5-7-12-20(18)23/h3-7,9-12,17,19H,1,8,13-16H2,2H3. The number of hydrogen-bond donors (Lipinski definition) is 0. The summed E-state index contributed by atoms with van der Waals surface area (Å²) in [5.41, 5.74) is 2.78. The zero-order valence-electron chi connectivity index (χ0n) is 14.4. The van der Waals surface area contributed by atoms with E-state index in [0.717, 1.165) is 25.9 Å². The van der Waals surface area contributed by atoms with Gasteiger partial charge in [0.05, 0.1) is 6.04 Å². The van der Waals surface area contributed by atoms with Crippen molar-refractivity contribution in [1.29, 1.82) is 0 Å². The van der Waals surface area contributed by atoms with E-state index in [1.165, 1.54) is 23.7 Å². The quantitative estimate of drug-likeness (QED) is 0.774. The third-order valence-corrected chi connectivity index (χ3v) is 5.07. The van der Waals surface area contributed by atoms with E-state index in [0.29, 0.717) is 12.0 Å². The van der Waals surface area contributed by atoms with E-state index in [9.17, 15) is 4.79 Å². The van der Waals surface area contributed by atoms with Crippen LogP contribution in [0.4, 0.5) is 5.69 Å². The lowest BCUT2D eigenvalue weighted by atomic mass is 9.90. The molecule has 0 bridgehead atoms. The number of fused-ring (bicyclic) bond motifs is 2. The molecule has 2 unspecified atom stereocenters. The Morgan fingerprint density at radius 2 is 2.12 bits per heavy atom. The van der Waals surface area contributed by atoms with Crippen LogP contribution in [-0.2, 0) is 11.2 Å². The number of carbonyl (C=O) groups excluding carboxylic acids is 1. The molecule has 24 heavy (non-hydrogen) atoms. The molecule has 1 amide bonds. The third kappa shape index (κ3) is 3.45. The molecule has 0 radical (unpaired) electrons. The average molecular weight is 322 g/mol. The molecule has 0 saturated carbocycles. The molecule has 1 aromatic rings. The Kier molecular flexibility index (Phi) is 5.19. The first-order valence-corrected chi connectivity index (χ1v) is 8.78. The number of aryl methyl sites for hydroxylation is 1. The zero-order chi connectivity index (χ0) is 16.9. The van der Waals surface area contributed by atoms with Crippen LogP contribution in [0.2, 0.25) is 0 Å². The van der Waals surface area contributed by atoms with Crippen molar-refractivity contribution in [3.05, 3.63) is 66.8 Å². The number of carbonyl (C=O) groups is 1. The maximum atomic E-state index is 11.6. The molecular formula is C21H26N2O. The third-order valence-electron chi connectivity index (χ3n) is 5.07. The first-order chi connectivity index (χ1) is 11.7. The summed E-state index contributed by atoms with van der Waals surface area (Å²) in [5, 5.41) is 0. The first-order valence-electron chi connectivity index (χ1n) is 8.78. The Balaban J connectivity index is 1.77. The molecule has 1 aliphatic heterocycles. The molecule has 2 aliphatic rings. The van der Waals surface area contributed by atoms with Crippen molar-refractivity contribution in [1.82, 2.24) is 4.90 Å². The smallest absolute Gasteiger partial charge is 0.245 e. The van der Waals surface area contributed by atoms with Gasteiger partial charge in [0.2, 0.25) is 5.91 Å². The predicted octanol–water partition coefficient (Wildman–Crippen LogP) is 3.58.